The molecule has 0 atom stereocenters. The molecular formula is C12H9F3N4O. The van der Waals surface area contributed by atoms with Crippen LogP contribution >= 0.6 is 0 Å². The second-order valence-electron chi connectivity index (χ2n) is 3.62. The zero-order valence-electron chi connectivity index (χ0n) is 9.98. The van der Waals surface area contributed by atoms with Crippen molar-refractivity contribution in [3.8, 4) is 6.07 Å². The molecule has 0 heterocycles. The summed E-state index contributed by atoms with van der Waals surface area (Å²) in [5.74, 6) is -1.17. The van der Waals surface area contributed by atoms with Crippen molar-refractivity contribution in [2.24, 2.45) is 16.5 Å². The van der Waals surface area contributed by atoms with Crippen LogP contribution in [0.2, 0.25) is 0 Å². The number of amides is 1. The van der Waals surface area contributed by atoms with Crippen molar-refractivity contribution in [1.82, 2.24) is 0 Å². The lowest BCUT2D eigenvalue weighted by Crippen LogP contribution is -2.26. The van der Waals surface area contributed by atoms with Crippen molar-refractivity contribution in [3.63, 3.8) is 0 Å². The summed E-state index contributed by atoms with van der Waals surface area (Å²) in [5.41, 5.74) is 7.94. The molecule has 0 unspecified atom stereocenters. The molecule has 0 fully saturated rings. The minimum atomic E-state index is -4.79. The zero-order valence-corrected chi connectivity index (χ0v) is 9.98. The molecule has 1 amide bonds. The van der Waals surface area contributed by atoms with Gasteiger partial charge in [0.15, 0.2) is 0 Å². The van der Waals surface area contributed by atoms with Crippen molar-refractivity contribution in [1.29, 1.82) is 5.26 Å². The van der Waals surface area contributed by atoms with Gasteiger partial charge in [0.1, 0.15) is 11.4 Å². The van der Waals surface area contributed by atoms with Gasteiger partial charge >= 0.3 is 6.18 Å². The van der Waals surface area contributed by atoms with Gasteiger partial charge in [0.05, 0.1) is 17.3 Å². The molecular weight excluding hydrogens is 273 g/mol. The number of hydrogen-bond acceptors (Lipinski definition) is 4. The highest BCUT2D eigenvalue weighted by Gasteiger charge is 2.32. The third kappa shape index (κ3) is 4.13. The molecule has 0 spiro atoms. The maximum atomic E-state index is 12.3. The van der Waals surface area contributed by atoms with Crippen molar-refractivity contribution in [2.45, 2.75) is 6.18 Å². The van der Waals surface area contributed by atoms with E-state index in [0.29, 0.717) is 6.08 Å². The van der Waals surface area contributed by atoms with E-state index in [-0.39, 0.29) is 11.3 Å². The minimum absolute atomic E-state index is 0.115. The minimum Gasteiger partial charge on any atom is -0.395 e. The summed E-state index contributed by atoms with van der Waals surface area (Å²) in [6, 6.07) is 7.47. The fraction of sp³-hybridized carbons (Fsp3) is 0.0833. The molecule has 0 saturated carbocycles. The Morgan fingerprint density at radius 1 is 1.35 bits per heavy atom. The van der Waals surface area contributed by atoms with Crippen LogP contribution in [0, 0.1) is 11.3 Å². The number of primary amides is 1. The first-order chi connectivity index (χ1) is 9.24. The van der Waals surface area contributed by atoms with Crippen LogP contribution in [0.15, 0.2) is 41.0 Å². The van der Waals surface area contributed by atoms with E-state index < -0.39 is 23.5 Å². The molecule has 8 heteroatoms. The van der Waals surface area contributed by atoms with E-state index in [2.05, 4.69) is 4.99 Å². The predicted molar refractivity (Wildman–Crippen MR) is 65.8 cm³/mol. The molecule has 0 aliphatic rings. The molecule has 0 aromatic heterocycles. The molecule has 20 heavy (non-hydrogen) atoms. The molecule has 1 aromatic carbocycles. The van der Waals surface area contributed by atoms with E-state index in [4.69, 9.17) is 16.7 Å². The quantitative estimate of drug-likeness (QED) is 0.821. The Morgan fingerprint density at radius 3 is 2.50 bits per heavy atom. The number of rotatable bonds is 3. The standard InChI is InChI=1S/C12H9F3N4O/c13-12(14,15)10(17)5-9(11(18)20)19-8-3-1-2-7(4-8)6-16/h1-5H,17H2,(H2,18,20). The van der Waals surface area contributed by atoms with E-state index in [9.17, 15) is 18.0 Å². The van der Waals surface area contributed by atoms with E-state index >= 15 is 0 Å². The van der Waals surface area contributed by atoms with Gasteiger partial charge in [-0.2, -0.15) is 18.4 Å². The summed E-state index contributed by atoms with van der Waals surface area (Å²) in [4.78, 5) is 14.7. The summed E-state index contributed by atoms with van der Waals surface area (Å²) in [5, 5.41) is 8.69. The topological polar surface area (TPSA) is 105 Å². The average molecular weight is 282 g/mol. The van der Waals surface area contributed by atoms with Crippen molar-refractivity contribution in [3.05, 3.63) is 41.6 Å². The van der Waals surface area contributed by atoms with E-state index in [1.54, 1.807) is 0 Å². The molecule has 0 radical (unpaired) electrons. The number of alkyl halides is 3. The lowest BCUT2D eigenvalue weighted by molar-refractivity contribution is -0.111. The number of hydrogen-bond donors (Lipinski definition) is 2. The Kier molecular flexibility index (Phi) is 4.48. The van der Waals surface area contributed by atoms with Crippen molar-refractivity contribution >= 4 is 17.3 Å². The summed E-state index contributed by atoms with van der Waals surface area (Å²) in [7, 11) is 0. The van der Waals surface area contributed by atoms with Gasteiger partial charge in [0.2, 0.25) is 0 Å². The summed E-state index contributed by atoms with van der Waals surface area (Å²) >= 11 is 0. The van der Waals surface area contributed by atoms with Gasteiger partial charge in [-0.05, 0) is 24.3 Å². The van der Waals surface area contributed by atoms with Crippen LogP contribution < -0.4 is 11.5 Å². The number of benzene rings is 1. The number of carbonyl (C=O) groups is 1. The molecule has 0 aliphatic carbocycles. The normalized spacial score (nSPS) is 12.9. The van der Waals surface area contributed by atoms with Crippen LogP contribution in [-0.2, 0) is 4.79 Å². The van der Waals surface area contributed by atoms with Crippen LogP contribution in [0.25, 0.3) is 0 Å². The molecule has 0 bridgehead atoms. The third-order valence-corrected chi connectivity index (χ3v) is 2.10. The van der Waals surface area contributed by atoms with Crippen LogP contribution in [0.1, 0.15) is 5.56 Å². The lowest BCUT2D eigenvalue weighted by atomic mass is 10.2. The Hall–Kier alpha value is -2.82. The molecule has 0 saturated heterocycles. The first kappa shape index (κ1) is 15.2. The average Bonchev–Trinajstić information content (AvgIpc) is 2.36. The molecule has 104 valence electrons. The van der Waals surface area contributed by atoms with Gasteiger partial charge in [-0.3, -0.25) is 4.79 Å². The molecule has 4 N–H and O–H groups in total. The number of carbonyl (C=O) groups excluding carboxylic acids is 1. The predicted octanol–water partition coefficient (Wildman–Crippen LogP) is 1.52. The summed E-state index contributed by atoms with van der Waals surface area (Å²) in [6.07, 6.45) is -4.44. The van der Waals surface area contributed by atoms with Gasteiger partial charge in [-0.25, -0.2) is 4.99 Å². The van der Waals surface area contributed by atoms with Crippen LogP contribution in [0.5, 0.6) is 0 Å². The summed E-state index contributed by atoms with van der Waals surface area (Å²) in [6.45, 7) is 0. The Bertz CT molecular complexity index is 626. The second kappa shape index (κ2) is 5.88. The number of aliphatic imine (C=N–C) groups is 1. The van der Waals surface area contributed by atoms with Gasteiger partial charge in [0, 0.05) is 0 Å². The van der Waals surface area contributed by atoms with E-state index in [1.165, 1.54) is 24.3 Å². The maximum Gasteiger partial charge on any atom is 0.430 e. The maximum absolute atomic E-state index is 12.3. The first-order valence-corrected chi connectivity index (χ1v) is 5.17. The Labute approximate surface area is 112 Å². The summed E-state index contributed by atoms with van der Waals surface area (Å²) < 4.78 is 36.9. The number of nitrogens with zero attached hydrogens (tertiary/aromatic N) is 2. The van der Waals surface area contributed by atoms with Crippen LogP contribution in [-0.4, -0.2) is 17.8 Å². The largest absolute Gasteiger partial charge is 0.430 e. The highest BCUT2D eigenvalue weighted by atomic mass is 19.4. The fourth-order valence-electron chi connectivity index (χ4n) is 1.17. The van der Waals surface area contributed by atoms with Crippen LogP contribution in [0.4, 0.5) is 18.9 Å². The zero-order chi connectivity index (χ0) is 15.3. The van der Waals surface area contributed by atoms with E-state index in [1.807, 2.05) is 6.07 Å². The van der Waals surface area contributed by atoms with E-state index in [0.717, 1.165) is 0 Å². The van der Waals surface area contributed by atoms with Gasteiger partial charge in [-0.1, -0.05) is 6.07 Å². The molecule has 0 aliphatic heterocycles. The number of nitrogens with two attached hydrogens (primary N) is 2. The molecule has 1 aromatic rings. The van der Waals surface area contributed by atoms with Gasteiger partial charge in [0.25, 0.3) is 5.91 Å². The van der Waals surface area contributed by atoms with Crippen molar-refractivity contribution in [2.75, 3.05) is 0 Å². The Balaban J connectivity index is 3.24. The monoisotopic (exact) mass is 282 g/mol. The smallest absolute Gasteiger partial charge is 0.395 e. The van der Waals surface area contributed by atoms with Crippen LogP contribution in [0.3, 0.4) is 0 Å². The Morgan fingerprint density at radius 2 is 2.00 bits per heavy atom. The van der Waals surface area contributed by atoms with Crippen molar-refractivity contribution < 1.29 is 18.0 Å². The fourth-order valence-corrected chi connectivity index (χ4v) is 1.17. The number of halogens is 3. The first-order valence-electron chi connectivity index (χ1n) is 5.17. The van der Waals surface area contributed by atoms with Gasteiger partial charge < -0.3 is 11.5 Å². The highest BCUT2D eigenvalue weighted by Crippen LogP contribution is 2.22. The number of nitriles is 1. The highest BCUT2D eigenvalue weighted by molar-refractivity contribution is 6.43. The third-order valence-electron chi connectivity index (χ3n) is 2.10. The SMILES string of the molecule is N#Cc1cccc(N=C(C=C(N)C(F)(F)F)C(N)=O)c1. The lowest BCUT2D eigenvalue weighted by Gasteiger charge is -2.06. The second-order valence-corrected chi connectivity index (χ2v) is 3.62. The molecule has 5 nitrogen and oxygen atoms in total. The number of allylic oxidation sites excluding steroid dienone is 1. The van der Waals surface area contributed by atoms with Gasteiger partial charge in [-0.15, -0.1) is 0 Å². The molecule has 1 rings (SSSR count).